The number of rotatable bonds is 6. The van der Waals surface area contributed by atoms with Crippen molar-refractivity contribution in [3.63, 3.8) is 0 Å². The Balaban J connectivity index is 1.49. The van der Waals surface area contributed by atoms with Gasteiger partial charge in [-0.15, -0.1) is 0 Å². The summed E-state index contributed by atoms with van der Waals surface area (Å²) in [6, 6.07) is 8.39. The maximum Gasteiger partial charge on any atom is 0.259 e. The molecule has 2 heterocycles. The SMILES string of the molecule is CN(C)C(=O)COc1cccc(NC(=O)CC2CC3CCC(C2)N3)c1. The fourth-order valence-corrected chi connectivity index (χ4v) is 3.75. The monoisotopic (exact) mass is 345 g/mol. The summed E-state index contributed by atoms with van der Waals surface area (Å²) in [5.74, 6) is 0.992. The van der Waals surface area contributed by atoms with Gasteiger partial charge in [0, 0.05) is 44.4 Å². The number of fused-ring (bicyclic) bond motifs is 2. The van der Waals surface area contributed by atoms with Crippen molar-refractivity contribution in [1.82, 2.24) is 10.2 Å². The van der Waals surface area contributed by atoms with Crippen molar-refractivity contribution < 1.29 is 14.3 Å². The van der Waals surface area contributed by atoms with E-state index in [2.05, 4.69) is 10.6 Å². The lowest BCUT2D eigenvalue weighted by Crippen LogP contribution is -2.39. The van der Waals surface area contributed by atoms with Gasteiger partial charge < -0.3 is 20.3 Å². The molecular formula is C19H27N3O3. The molecule has 2 unspecified atom stereocenters. The zero-order chi connectivity index (χ0) is 17.8. The third-order valence-corrected chi connectivity index (χ3v) is 5.02. The molecule has 0 radical (unpaired) electrons. The van der Waals surface area contributed by atoms with Crippen LogP contribution < -0.4 is 15.4 Å². The molecule has 1 aromatic rings. The van der Waals surface area contributed by atoms with Gasteiger partial charge in [0.2, 0.25) is 5.91 Å². The lowest BCUT2D eigenvalue weighted by atomic mass is 9.89. The molecule has 2 N–H and O–H groups in total. The minimum atomic E-state index is -0.102. The molecule has 2 fully saturated rings. The first-order chi connectivity index (χ1) is 12.0. The number of nitrogens with one attached hydrogen (secondary N) is 2. The molecule has 0 aliphatic carbocycles. The van der Waals surface area contributed by atoms with E-state index in [-0.39, 0.29) is 18.4 Å². The highest BCUT2D eigenvalue weighted by molar-refractivity contribution is 5.91. The predicted molar refractivity (Wildman–Crippen MR) is 96.5 cm³/mol. The molecule has 2 atom stereocenters. The molecule has 2 bridgehead atoms. The summed E-state index contributed by atoms with van der Waals surface area (Å²) in [5, 5.41) is 6.56. The van der Waals surface area contributed by atoms with Crippen LogP contribution >= 0.6 is 0 Å². The van der Waals surface area contributed by atoms with Gasteiger partial charge in [-0.1, -0.05) is 6.07 Å². The van der Waals surface area contributed by atoms with Crippen LogP contribution in [0.5, 0.6) is 5.75 Å². The summed E-state index contributed by atoms with van der Waals surface area (Å²) in [6.45, 7) is -0.0117. The van der Waals surface area contributed by atoms with Gasteiger partial charge in [0.25, 0.3) is 5.91 Å². The van der Waals surface area contributed by atoms with E-state index in [1.807, 2.05) is 12.1 Å². The van der Waals surface area contributed by atoms with Crippen LogP contribution in [-0.4, -0.2) is 49.5 Å². The molecule has 0 spiro atoms. The molecule has 6 nitrogen and oxygen atoms in total. The molecule has 2 aliphatic heterocycles. The quantitative estimate of drug-likeness (QED) is 0.827. The minimum absolute atomic E-state index is 0.0117. The summed E-state index contributed by atoms with van der Waals surface area (Å²) in [5.41, 5.74) is 0.705. The molecule has 6 heteroatoms. The van der Waals surface area contributed by atoms with Crippen LogP contribution in [0.3, 0.4) is 0 Å². The summed E-state index contributed by atoms with van der Waals surface area (Å²) in [4.78, 5) is 25.4. The first kappa shape index (κ1) is 17.7. The number of anilines is 1. The molecular weight excluding hydrogens is 318 g/mol. The van der Waals surface area contributed by atoms with Crippen LogP contribution in [0.1, 0.15) is 32.1 Å². The standard InChI is InChI=1S/C19H27N3O3/c1-22(2)19(24)12-25-17-5-3-4-14(11-17)21-18(23)10-13-8-15-6-7-16(9-13)20-15/h3-5,11,13,15-16,20H,6-10,12H2,1-2H3,(H,21,23). The van der Waals surface area contributed by atoms with Crippen LogP contribution in [-0.2, 0) is 9.59 Å². The highest BCUT2D eigenvalue weighted by atomic mass is 16.5. The van der Waals surface area contributed by atoms with Gasteiger partial charge in [0.1, 0.15) is 5.75 Å². The topological polar surface area (TPSA) is 70.7 Å². The molecule has 25 heavy (non-hydrogen) atoms. The van der Waals surface area contributed by atoms with E-state index in [1.54, 1.807) is 26.2 Å². The maximum absolute atomic E-state index is 12.3. The van der Waals surface area contributed by atoms with Crippen LogP contribution in [0.4, 0.5) is 5.69 Å². The molecule has 136 valence electrons. The highest BCUT2D eigenvalue weighted by Crippen LogP contribution is 2.32. The van der Waals surface area contributed by atoms with Gasteiger partial charge in [-0.3, -0.25) is 9.59 Å². The Morgan fingerprint density at radius 1 is 1.24 bits per heavy atom. The van der Waals surface area contributed by atoms with E-state index in [9.17, 15) is 9.59 Å². The molecule has 2 aliphatic rings. The van der Waals surface area contributed by atoms with Crippen LogP contribution in [0.2, 0.25) is 0 Å². The van der Waals surface area contributed by atoms with Crippen molar-refractivity contribution in [2.45, 2.75) is 44.2 Å². The van der Waals surface area contributed by atoms with Crippen LogP contribution in [0, 0.1) is 5.92 Å². The fourth-order valence-electron chi connectivity index (χ4n) is 3.75. The number of likely N-dealkylation sites (N-methyl/N-ethyl adjacent to an activating group) is 1. The Kier molecular flexibility index (Phi) is 5.58. The zero-order valence-corrected chi connectivity index (χ0v) is 15.0. The number of carbonyl (C=O) groups is 2. The van der Waals surface area contributed by atoms with Crippen molar-refractivity contribution in [2.24, 2.45) is 5.92 Å². The number of carbonyl (C=O) groups excluding carboxylic acids is 2. The van der Waals surface area contributed by atoms with Crippen molar-refractivity contribution in [1.29, 1.82) is 0 Å². The van der Waals surface area contributed by atoms with Gasteiger partial charge >= 0.3 is 0 Å². The Hall–Kier alpha value is -2.08. The van der Waals surface area contributed by atoms with Crippen molar-refractivity contribution >= 4 is 17.5 Å². The number of piperidine rings is 1. The summed E-state index contributed by atoms with van der Waals surface area (Å²) in [7, 11) is 3.38. The summed E-state index contributed by atoms with van der Waals surface area (Å²) in [6.07, 6.45) is 5.25. The number of benzene rings is 1. The van der Waals surface area contributed by atoms with Gasteiger partial charge in [0.05, 0.1) is 0 Å². The summed E-state index contributed by atoms with van der Waals surface area (Å²) < 4.78 is 5.49. The first-order valence-electron chi connectivity index (χ1n) is 8.98. The highest BCUT2D eigenvalue weighted by Gasteiger charge is 2.34. The van der Waals surface area contributed by atoms with Gasteiger partial charge in [-0.2, -0.15) is 0 Å². The lowest BCUT2D eigenvalue weighted by Gasteiger charge is -2.28. The molecule has 0 saturated carbocycles. The number of hydrogen-bond donors (Lipinski definition) is 2. The van der Waals surface area contributed by atoms with E-state index < -0.39 is 0 Å². The fraction of sp³-hybridized carbons (Fsp3) is 0.579. The molecule has 2 amide bonds. The van der Waals surface area contributed by atoms with E-state index in [1.165, 1.54) is 17.7 Å². The molecule has 3 rings (SSSR count). The lowest BCUT2D eigenvalue weighted by molar-refractivity contribution is -0.130. The van der Waals surface area contributed by atoms with Crippen LogP contribution in [0.25, 0.3) is 0 Å². The normalized spacial score (nSPS) is 24.6. The number of hydrogen-bond acceptors (Lipinski definition) is 4. The summed E-state index contributed by atoms with van der Waals surface area (Å²) >= 11 is 0. The molecule has 0 aromatic heterocycles. The smallest absolute Gasteiger partial charge is 0.259 e. The predicted octanol–water partition coefficient (Wildman–Crippen LogP) is 2.01. The minimum Gasteiger partial charge on any atom is -0.484 e. The van der Waals surface area contributed by atoms with E-state index >= 15 is 0 Å². The first-order valence-corrected chi connectivity index (χ1v) is 8.98. The second-order valence-corrected chi connectivity index (χ2v) is 7.33. The third kappa shape index (κ3) is 4.95. The van der Waals surface area contributed by atoms with E-state index in [4.69, 9.17) is 4.74 Å². The van der Waals surface area contributed by atoms with Crippen molar-refractivity contribution in [3.05, 3.63) is 24.3 Å². The third-order valence-electron chi connectivity index (χ3n) is 5.02. The van der Waals surface area contributed by atoms with Gasteiger partial charge in [-0.25, -0.2) is 0 Å². The van der Waals surface area contributed by atoms with Crippen molar-refractivity contribution in [2.75, 3.05) is 26.0 Å². The van der Waals surface area contributed by atoms with Gasteiger partial charge in [-0.05, 0) is 43.7 Å². The molecule has 2 saturated heterocycles. The average Bonchev–Trinajstić information content (AvgIpc) is 2.91. The number of nitrogens with zero attached hydrogens (tertiary/aromatic N) is 1. The van der Waals surface area contributed by atoms with Crippen molar-refractivity contribution in [3.8, 4) is 5.75 Å². The Morgan fingerprint density at radius 2 is 1.96 bits per heavy atom. The largest absolute Gasteiger partial charge is 0.484 e. The second-order valence-electron chi connectivity index (χ2n) is 7.33. The average molecular weight is 345 g/mol. The number of amides is 2. The number of ether oxygens (including phenoxy) is 1. The second kappa shape index (κ2) is 7.87. The van der Waals surface area contributed by atoms with E-state index in [0.717, 1.165) is 12.8 Å². The Morgan fingerprint density at radius 3 is 2.64 bits per heavy atom. The van der Waals surface area contributed by atoms with Gasteiger partial charge in [0.15, 0.2) is 6.61 Å². The van der Waals surface area contributed by atoms with E-state index in [0.29, 0.717) is 35.9 Å². The maximum atomic E-state index is 12.3. The van der Waals surface area contributed by atoms with Crippen LogP contribution in [0.15, 0.2) is 24.3 Å². The molecule has 1 aromatic carbocycles. The Labute approximate surface area is 148 Å². The Bertz CT molecular complexity index is 620. The zero-order valence-electron chi connectivity index (χ0n) is 15.0.